The van der Waals surface area contributed by atoms with E-state index < -0.39 is 12.3 Å². The molecular weight excluding hydrogens is 453 g/mol. The summed E-state index contributed by atoms with van der Waals surface area (Å²) >= 11 is 0. The summed E-state index contributed by atoms with van der Waals surface area (Å²) < 4.78 is 48.4. The molecule has 0 unspecified atom stereocenters. The van der Waals surface area contributed by atoms with E-state index in [0.29, 0.717) is 29.8 Å². The zero-order chi connectivity index (χ0) is 24.9. The number of hydrogen-bond acceptors (Lipinski definition) is 5. The number of aliphatic carboxylic acids is 1. The quantitative estimate of drug-likeness (QED) is 0.495. The number of halogens is 3. The van der Waals surface area contributed by atoms with Crippen molar-refractivity contribution in [2.45, 2.75) is 45.6 Å². The summed E-state index contributed by atoms with van der Waals surface area (Å²) in [6.45, 7) is 4.40. The number of carboxylic acid groups (broad SMARTS) is 1. The number of ether oxygens (including phenoxy) is 2. The maximum atomic E-state index is 12.8. The van der Waals surface area contributed by atoms with Gasteiger partial charge in [-0.3, -0.25) is 9.59 Å². The number of rotatable bonds is 10. The minimum atomic E-state index is -4.78. The van der Waals surface area contributed by atoms with Crippen LogP contribution < -0.4 is 19.7 Å². The average Bonchev–Trinajstić information content (AvgIpc) is 3.17. The topological polar surface area (TPSA) is 88.1 Å². The molecule has 7 nitrogen and oxygen atoms in total. The van der Waals surface area contributed by atoms with Crippen LogP contribution in [-0.2, 0) is 22.6 Å². The third-order valence-corrected chi connectivity index (χ3v) is 5.37. The third-order valence-electron chi connectivity index (χ3n) is 5.37. The first-order valence-corrected chi connectivity index (χ1v) is 10.9. The molecule has 10 heteroatoms. The number of anilines is 1. The highest BCUT2D eigenvalue weighted by Crippen LogP contribution is 2.34. The molecule has 0 radical (unpaired) electrons. The SMILES string of the molecule is CC(C)c1ccc(COc2ccc3c(c2)CCN3C(=O)CNCCC(=O)O)cc1OC(F)(F)F. The molecule has 3 rings (SSSR count). The lowest BCUT2D eigenvalue weighted by atomic mass is 10.0. The van der Waals surface area contributed by atoms with E-state index in [1.807, 2.05) is 6.07 Å². The van der Waals surface area contributed by atoms with E-state index in [-0.39, 0.29) is 43.7 Å². The van der Waals surface area contributed by atoms with Crippen molar-refractivity contribution in [3.05, 3.63) is 53.1 Å². The molecular formula is C24H27F3N2O5. The van der Waals surface area contributed by atoms with Crippen molar-refractivity contribution < 1.29 is 37.3 Å². The van der Waals surface area contributed by atoms with Crippen LogP contribution in [0.2, 0.25) is 0 Å². The second-order valence-corrected chi connectivity index (χ2v) is 8.27. The maximum absolute atomic E-state index is 12.8. The van der Waals surface area contributed by atoms with Gasteiger partial charge in [0.25, 0.3) is 0 Å². The van der Waals surface area contributed by atoms with Gasteiger partial charge < -0.3 is 24.8 Å². The number of fused-ring (bicyclic) bond motifs is 1. The number of carbonyl (C=O) groups is 2. The third kappa shape index (κ3) is 6.86. The van der Waals surface area contributed by atoms with Gasteiger partial charge in [0.1, 0.15) is 18.1 Å². The van der Waals surface area contributed by atoms with Gasteiger partial charge in [0.15, 0.2) is 0 Å². The first-order valence-electron chi connectivity index (χ1n) is 10.9. The van der Waals surface area contributed by atoms with Crippen LogP contribution >= 0.6 is 0 Å². The molecule has 0 fully saturated rings. The van der Waals surface area contributed by atoms with Crippen molar-refractivity contribution in [3.63, 3.8) is 0 Å². The van der Waals surface area contributed by atoms with Crippen LogP contribution in [-0.4, -0.2) is 43.0 Å². The average molecular weight is 480 g/mol. The summed E-state index contributed by atoms with van der Waals surface area (Å²) in [5.41, 5.74) is 2.68. The van der Waals surface area contributed by atoms with Gasteiger partial charge in [-0.2, -0.15) is 0 Å². The summed E-state index contributed by atoms with van der Waals surface area (Å²) in [7, 11) is 0. The van der Waals surface area contributed by atoms with E-state index in [0.717, 1.165) is 11.3 Å². The minimum Gasteiger partial charge on any atom is -0.489 e. The van der Waals surface area contributed by atoms with Gasteiger partial charge in [0.2, 0.25) is 5.91 Å². The molecule has 1 heterocycles. The molecule has 0 saturated heterocycles. The van der Waals surface area contributed by atoms with Gasteiger partial charge in [-0.05, 0) is 53.3 Å². The van der Waals surface area contributed by atoms with Gasteiger partial charge in [-0.1, -0.05) is 26.0 Å². The molecule has 1 aliphatic heterocycles. The van der Waals surface area contributed by atoms with Crippen molar-refractivity contribution in [2.75, 3.05) is 24.5 Å². The molecule has 0 saturated carbocycles. The van der Waals surface area contributed by atoms with E-state index in [9.17, 15) is 22.8 Å². The van der Waals surface area contributed by atoms with Crippen LogP contribution in [0.1, 0.15) is 42.9 Å². The lowest BCUT2D eigenvalue weighted by Crippen LogP contribution is -2.37. The summed E-state index contributed by atoms with van der Waals surface area (Å²) in [4.78, 5) is 24.6. The molecule has 0 aromatic heterocycles. The highest BCUT2D eigenvalue weighted by Gasteiger charge is 2.32. The largest absolute Gasteiger partial charge is 0.573 e. The van der Waals surface area contributed by atoms with E-state index in [1.54, 1.807) is 43.0 Å². The molecule has 0 aliphatic carbocycles. The van der Waals surface area contributed by atoms with Crippen LogP contribution in [0, 0.1) is 0 Å². The summed E-state index contributed by atoms with van der Waals surface area (Å²) in [5, 5.41) is 11.5. The van der Waals surface area contributed by atoms with E-state index in [4.69, 9.17) is 9.84 Å². The second-order valence-electron chi connectivity index (χ2n) is 8.27. The number of nitrogens with one attached hydrogen (secondary N) is 1. The first kappa shape index (κ1) is 25.4. The minimum absolute atomic E-state index is 0.0413. The second kappa shape index (κ2) is 10.8. The first-order chi connectivity index (χ1) is 16.0. The van der Waals surface area contributed by atoms with Crippen LogP contribution in [0.4, 0.5) is 18.9 Å². The predicted octanol–water partition coefficient (Wildman–Crippen LogP) is 4.24. The summed E-state index contributed by atoms with van der Waals surface area (Å²) in [5.74, 6) is -0.913. The number of carboxylic acids is 1. The monoisotopic (exact) mass is 480 g/mol. The fourth-order valence-electron chi connectivity index (χ4n) is 3.74. The van der Waals surface area contributed by atoms with E-state index in [2.05, 4.69) is 10.1 Å². The Balaban J connectivity index is 1.62. The van der Waals surface area contributed by atoms with Crippen LogP contribution in [0.15, 0.2) is 36.4 Å². The van der Waals surface area contributed by atoms with Crippen molar-refractivity contribution in [3.8, 4) is 11.5 Å². The Morgan fingerprint density at radius 3 is 2.62 bits per heavy atom. The zero-order valence-electron chi connectivity index (χ0n) is 18.9. The smallest absolute Gasteiger partial charge is 0.489 e. The van der Waals surface area contributed by atoms with Crippen LogP contribution in [0.25, 0.3) is 0 Å². The number of benzene rings is 2. The Hall–Kier alpha value is -3.27. The molecule has 184 valence electrons. The standard InChI is InChI=1S/C24H27F3N2O5/c1-15(2)19-5-3-16(11-21(19)34-24(25,26)27)14-33-18-4-6-20-17(12-18)8-10-29(20)22(30)13-28-9-7-23(31)32/h3-6,11-12,15,28H,7-10,13-14H2,1-2H3,(H,31,32). The summed E-state index contributed by atoms with van der Waals surface area (Å²) in [6, 6.07) is 9.96. The highest BCUT2D eigenvalue weighted by molar-refractivity contribution is 5.96. The number of carbonyl (C=O) groups excluding carboxylic acids is 1. The zero-order valence-corrected chi connectivity index (χ0v) is 18.9. The van der Waals surface area contributed by atoms with Crippen molar-refractivity contribution in [1.29, 1.82) is 0 Å². The van der Waals surface area contributed by atoms with Crippen molar-refractivity contribution >= 4 is 17.6 Å². The Bertz CT molecular complexity index is 1040. The fourth-order valence-corrected chi connectivity index (χ4v) is 3.74. The lowest BCUT2D eigenvalue weighted by Gasteiger charge is -2.18. The Morgan fingerprint density at radius 2 is 1.94 bits per heavy atom. The van der Waals surface area contributed by atoms with E-state index >= 15 is 0 Å². The molecule has 1 aliphatic rings. The number of nitrogens with zero attached hydrogens (tertiary/aromatic N) is 1. The van der Waals surface area contributed by atoms with Crippen LogP contribution in [0.3, 0.4) is 0 Å². The van der Waals surface area contributed by atoms with Gasteiger partial charge >= 0.3 is 12.3 Å². The molecule has 34 heavy (non-hydrogen) atoms. The number of alkyl halides is 3. The molecule has 0 atom stereocenters. The Kier molecular flexibility index (Phi) is 8.03. The van der Waals surface area contributed by atoms with Crippen LogP contribution in [0.5, 0.6) is 11.5 Å². The van der Waals surface area contributed by atoms with Gasteiger partial charge in [-0.15, -0.1) is 13.2 Å². The molecule has 0 bridgehead atoms. The molecule has 2 N–H and O–H groups in total. The predicted molar refractivity (Wildman–Crippen MR) is 119 cm³/mol. The molecule has 2 aromatic rings. The highest BCUT2D eigenvalue weighted by atomic mass is 19.4. The van der Waals surface area contributed by atoms with E-state index in [1.165, 1.54) is 6.07 Å². The summed E-state index contributed by atoms with van der Waals surface area (Å²) in [6.07, 6.45) is -4.20. The molecule has 0 spiro atoms. The van der Waals surface area contributed by atoms with Gasteiger partial charge in [0, 0.05) is 18.8 Å². The number of hydrogen-bond donors (Lipinski definition) is 2. The normalized spacial score (nSPS) is 13.2. The van der Waals surface area contributed by atoms with Gasteiger partial charge in [-0.25, -0.2) is 0 Å². The Labute approximate surface area is 195 Å². The maximum Gasteiger partial charge on any atom is 0.573 e. The lowest BCUT2D eigenvalue weighted by molar-refractivity contribution is -0.275. The van der Waals surface area contributed by atoms with Crippen molar-refractivity contribution in [1.82, 2.24) is 5.32 Å². The molecule has 1 amide bonds. The van der Waals surface area contributed by atoms with Crippen molar-refractivity contribution in [2.24, 2.45) is 0 Å². The molecule has 2 aromatic carbocycles. The fraction of sp³-hybridized carbons (Fsp3) is 0.417. The van der Waals surface area contributed by atoms with Gasteiger partial charge in [0.05, 0.1) is 13.0 Å². The Morgan fingerprint density at radius 1 is 1.18 bits per heavy atom. The number of amides is 1.